The lowest BCUT2D eigenvalue weighted by Gasteiger charge is -2.33. The highest BCUT2D eigenvalue weighted by Crippen LogP contribution is 2.31. The number of aryl methyl sites for hydroxylation is 1. The van der Waals surface area contributed by atoms with E-state index >= 15 is 0 Å². The number of aromatic amines is 1. The molecule has 0 radical (unpaired) electrons. The van der Waals surface area contributed by atoms with E-state index in [1.807, 2.05) is 35.1 Å². The molecule has 4 aromatic rings. The summed E-state index contributed by atoms with van der Waals surface area (Å²) in [5, 5.41) is 14.0. The molecular weight excluding hydrogens is 438 g/mol. The number of H-pyrrole nitrogens is 1. The number of benzene rings is 1. The van der Waals surface area contributed by atoms with Crippen molar-refractivity contribution in [3.63, 3.8) is 0 Å². The summed E-state index contributed by atoms with van der Waals surface area (Å²) < 4.78 is 1.96. The SMILES string of the molecule is CCC[C@H](c1nnnn1C(C)(C)CC)N(Cc1cccnc1)Cc1cc2cc(C)ccc2[nH]c1=O. The van der Waals surface area contributed by atoms with E-state index in [1.54, 1.807) is 6.20 Å². The van der Waals surface area contributed by atoms with Crippen molar-refractivity contribution in [1.29, 1.82) is 0 Å². The number of nitrogens with zero attached hydrogens (tertiary/aromatic N) is 6. The lowest BCUT2D eigenvalue weighted by Crippen LogP contribution is -2.36. The van der Waals surface area contributed by atoms with Crippen LogP contribution in [0.15, 0.2) is 53.6 Å². The average Bonchev–Trinajstić information content (AvgIpc) is 3.34. The molecule has 0 bridgehead atoms. The lowest BCUT2D eigenvalue weighted by atomic mass is 10.0. The Hall–Kier alpha value is -3.39. The van der Waals surface area contributed by atoms with Gasteiger partial charge in [0.25, 0.3) is 5.56 Å². The molecule has 1 atom stereocenters. The van der Waals surface area contributed by atoms with Crippen LogP contribution in [0.2, 0.25) is 0 Å². The standard InChI is InChI=1S/C27H35N7O/c1-6-9-24(25-30-31-32-34(25)27(4,5)7-2)33(17-20-10-8-13-28-16-20)18-22-15-21-14-19(3)11-12-23(21)29-26(22)35/h8,10-16,24H,6-7,9,17-18H2,1-5H3,(H,29,35)/t24-/m1/s1. The number of nitrogens with one attached hydrogen (secondary N) is 1. The van der Waals surface area contributed by atoms with E-state index in [4.69, 9.17) is 0 Å². The van der Waals surface area contributed by atoms with Crippen molar-refractivity contribution in [2.75, 3.05) is 0 Å². The van der Waals surface area contributed by atoms with E-state index in [0.29, 0.717) is 13.1 Å². The third kappa shape index (κ3) is 5.48. The van der Waals surface area contributed by atoms with Crippen molar-refractivity contribution in [3.05, 3.63) is 81.7 Å². The van der Waals surface area contributed by atoms with Gasteiger partial charge in [-0.25, -0.2) is 4.68 Å². The Morgan fingerprint density at radius 3 is 2.69 bits per heavy atom. The first kappa shape index (κ1) is 24.7. The number of pyridine rings is 2. The van der Waals surface area contributed by atoms with Gasteiger partial charge in [0.2, 0.25) is 0 Å². The van der Waals surface area contributed by atoms with Crippen LogP contribution in [0.5, 0.6) is 0 Å². The Labute approximate surface area is 206 Å². The maximum atomic E-state index is 13.1. The number of rotatable bonds is 10. The highest BCUT2D eigenvalue weighted by molar-refractivity contribution is 5.79. The summed E-state index contributed by atoms with van der Waals surface area (Å²) in [6.45, 7) is 11.8. The molecule has 4 rings (SSSR count). The molecule has 35 heavy (non-hydrogen) atoms. The fourth-order valence-electron chi connectivity index (χ4n) is 4.44. The summed E-state index contributed by atoms with van der Waals surface area (Å²) in [4.78, 5) is 22.8. The second kappa shape index (κ2) is 10.5. The molecule has 0 aliphatic carbocycles. The normalized spacial score (nSPS) is 13.0. The van der Waals surface area contributed by atoms with Crippen LogP contribution in [-0.4, -0.2) is 35.1 Å². The summed E-state index contributed by atoms with van der Waals surface area (Å²) in [6.07, 6.45) is 6.38. The molecule has 1 aromatic carbocycles. The first-order chi connectivity index (χ1) is 16.8. The predicted molar refractivity (Wildman–Crippen MR) is 138 cm³/mol. The van der Waals surface area contributed by atoms with Crippen LogP contribution in [-0.2, 0) is 18.6 Å². The number of tetrazole rings is 1. The Kier molecular flexibility index (Phi) is 7.40. The molecule has 8 nitrogen and oxygen atoms in total. The average molecular weight is 474 g/mol. The van der Waals surface area contributed by atoms with Gasteiger partial charge in [-0.3, -0.25) is 14.7 Å². The van der Waals surface area contributed by atoms with Gasteiger partial charge in [-0.1, -0.05) is 38.0 Å². The van der Waals surface area contributed by atoms with Crippen molar-refractivity contribution < 1.29 is 0 Å². The largest absolute Gasteiger partial charge is 0.322 e. The van der Waals surface area contributed by atoms with E-state index in [-0.39, 0.29) is 17.1 Å². The van der Waals surface area contributed by atoms with Crippen molar-refractivity contribution in [2.24, 2.45) is 0 Å². The van der Waals surface area contributed by atoms with Crippen LogP contribution in [0.4, 0.5) is 0 Å². The second-order valence-electron chi connectivity index (χ2n) is 9.90. The molecule has 0 unspecified atom stereocenters. The molecule has 8 heteroatoms. The van der Waals surface area contributed by atoms with E-state index in [9.17, 15) is 4.79 Å². The fourth-order valence-corrected chi connectivity index (χ4v) is 4.44. The molecule has 0 aliphatic rings. The zero-order chi connectivity index (χ0) is 25.0. The van der Waals surface area contributed by atoms with Crippen LogP contribution >= 0.6 is 0 Å². The number of hydrogen-bond acceptors (Lipinski definition) is 6. The first-order valence-electron chi connectivity index (χ1n) is 12.4. The first-order valence-corrected chi connectivity index (χ1v) is 12.4. The van der Waals surface area contributed by atoms with E-state index in [0.717, 1.165) is 52.7 Å². The minimum absolute atomic E-state index is 0.0614. The van der Waals surface area contributed by atoms with Crippen molar-refractivity contribution in [2.45, 2.75) is 78.6 Å². The Bertz CT molecular complexity index is 1330. The van der Waals surface area contributed by atoms with Gasteiger partial charge >= 0.3 is 0 Å². The lowest BCUT2D eigenvalue weighted by molar-refractivity contribution is 0.145. The molecule has 3 aromatic heterocycles. The minimum Gasteiger partial charge on any atom is -0.322 e. The molecule has 3 heterocycles. The molecule has 1 N–H and O–H groups in total. The van der Waals surface area contributed by atoms with E-state index < -0.39 is 0 Å². The predicted octanol–water partition coefficient (Wildman–Crippen LogP) is 4.91. The summed E-state index contributed by atoms with van der Waals surface area (Å²) in [5.74, 6) is 0.829. The maximum Gasteiger partial charge on any atom is 0.252 e. The summed E-state index contributed by atoms with van der Waals surface area (Å²) >= 11 is 0. The smallest absolute Gasteiger partial charge is 0.252 e. The highest BCUT2D eigenvalue weighted by Gasteiger charge is 2.31. The highest BCUT2D eigenvalue weighted by atomic mass is 16.1. The number of aromatic nitrogens is 6. The molecule has 0 spiro atoms. The van der Waals surface area contributed by atoms with Crippen LogP contribution in [0.1, 0.15) is 75.5 Å². The Morgan fingerprint density at radius 1 is 1.14 bits per heavy atom. The topological polar surface area (TPSA) is 92.6 Å². The molecule has 0 saturated heterocycles. The van der Waals surface area contributed by atoms with Gasteiger partial charge in [-0.15, -0.1) is 5.10 Å². The van der Waals surface area contributed by atoms with Crippen molar-refractivity contribution >= 4 is 10.9 Å². The Morgan fingerprint density at radius 2 is 1.97 bits per heavy atom. The third-order valence-electron chi connectivity index (χ3n) is 6.79. The van der Waals surface area contributed by atoms with Gasteiger partial charge in [-0.05, 0) is 79.3 Å². The quantitative estimate of drug-likeness (QED) is 0.352. The third-order valence-corrected chi connectivity index (χ3v) is 6.79. The summed E-state index contributed by atoms with van der Waals surface area (Å²) in [7, 11) is 0. The van der Waals surface area contributed by atoms with Gasteiger partial charge in [0, 0.05) is 36.6 Å². The van der Waals surface area contributed by atoms with Gasteiger partial charge in [0.05, 0.1) is 11.6 Å². The Balaban J connectivity index is 1.79. The maximum absolute atomic E-state index is 13.1. The molecule has 0 saturated carbocycles. The van der Waals surface area contributed by atoms with Crippen LogP contribution in [0.25, 0.3) is 10.9 Å². The second-order valence-corrected chi connectivity index (χ2v) is 9.90. The number of hydrogen-bond donors (Lipinski definition) is 1. The van der Waals surface area contributed by atoms with Crippen LogP contribution in [0.3, 0.4) is 0 Å². The molecular formula is C27H35N7O. The summed E-state index contributed by atoms with van der Waals surface area (Å²) in [5.41, 5.74) is 3.52. The number of fused-ring (bicyclic) bond motifs is 1. The van der Waals surface area contributed by atoms with E-state index in [2.05, 4.69) is 77.1 Å². The van der Waals surface area contributed by atoms with Gasteiger partial charge in [0.1, 0.15) is 0 Å². The zero-order valence-corrected chi connectivity index (χ0v) is 21.3. The van der Waals surface area contributed by atoms with Crippen LogP contribution < -0.4 is 5.56 Å². The minimum atomic E-state index is -0.219. The van der Waals surface area contributed by atoms with Crippen molar-refractivity contribution in [3.8, 4) is 0 Å². The molecule has 0 aliphatic heterocycles. The zero-order valence-electron chi connectivity index (χ0n) is 21.3. The molecule has 0 amide bonds. The van der Waals surface area contributed by atoms with Gasteiger partial charge in [-0.2, -0.15) is 0 Å². The van der Waals surface area contributed by atoms with Gasteiger partial charge in [0.15, 0.2) is 5.82 Å². The van der Waals surface area contributed by atoms with Gasteiger partial charge < -0.3 is 4.98 Å². The van der Waals surface area contributed by atoms with Crippen molar-refractivity contribution in [1.82, 2.24) is 35.1 Å². The molecule has 184 valence electrons. The monoisotopic (exact) mass is 473 g/mol. The fraction of sp³-hybridized carbons (Fsp3) is 0.444. The molecule has 0 fully saturated rings. The van der Waals surface area contributed by atoms with E-state index in [1.165, 1.54) is 0 Å². The van der Waals surface area contributed by atoms with Crippen LogP contribution in [0, 0.1) is 6.92 Å². The summed E-state index contributed by atoms with van der Waals surface area (Å²) in [6, 6.07) is 12.0.